The largest absolute Gasteiger partial charge is 0.391 e. The number of benzene rings is 1. The van der Waals surface area contributed by atoms with Crippen molar-refractivity contribution in [1.82, 2.24) is 10.2 Å². The van der Waals surface area contributed by atoms with E-state index in [2.05, 4.69) is 5.32 Å². The molecule has 20 heavy (non-hydrogen) atoms. The van der Waals surface area contributed by atoms with E-state index >= 15 is 0 Å². The van der Waals surface area contributed by atoms with E-state index < -0.39 is 17.8 Å². The number of hydrogen-bond acceptors (Lipinski definition) is 3. The van der Waals surface area contributed by atoms with Crippen molar-refractivity contribution in [2.24, 2.45) is 0 Å². The van der Waals surface area contributed by atoms with Crippen LogP contribution in [0.15, 0.2) is 24.3 Å². The summed E-state index contributed by atoms with van der Waals surface area (Å²) in [7, 11) is 0. The van der Waals surface area contributed by atoms with Gasteiger partial charge in [0.15, 0.2) is 0 Å². The molecule has 0 radical (unpaired) electrons. The summed E-state index contributed by atoms with van der Waals surface area (Å²) in [6, 6.07) is 5.60. The lowest BCUT2D eigenvalue weighted by atomic mass is 10.1. The zero-order chi connectivity index (χ0) is 14.5. The number of amides is 2. The number of carbonyl (C=O) groups excluding carboxylic acids is 2. The Morgan fingerprint density at radius 1 is 1.40 bits per heavy atom. The van der Waals surface area contributed by atoms with Crippen LogP contribution in [0, 0.1) is 5.82 Å². The molecule has 0 saturated carbocycles. The topological polar surface area (TPSA) is 69.6 Å². The van der Waals surface area contributed by atoms with E-state index in [0.29, 0.717) is 13.0 Å². The van der Waals surface area contributed by atoms with Crippen LogP contribution in [-0.4, -0.2) is 47.6 Å². The van der Waals surface area contributed by atoms with Crippen molar-refractivity contribution in [3.05, 3.63) is 35.6 Å². The van der Waals surface area contributed by atoms with E-state index in [1.165, 1.54) is 23.1 Å². The number of hydrogen-bond donors (Lipinski definition) is 2. The summed E-state index contributed by atoms with van der Waals surface area (Å²) in [4.78, 5) is 25.1. The van der Waals surface area contributed by atoms with Crippen LogP contribution in [0.2, 0.25) is 0 Å². The first-order chi connectivity index (χ1) is 9.58. The summed E-state index contributed by atoms with van der Waals surface area (Å²) in [5, 5.41) is 11.9. The highest BCUT2D eigenvalue weighted by atomic mass is 19.1. The minimum Gasteiger partial charge on any atom is -0.391 e. The molecule has 1 aliphatic rings. The number of nitrogens with one attached hydrogen (secondary N) is 1. The zero-order valence-electron chi connectivity index (χ0n) is 11.0. The quantitative estimate of drug-likeness (QED) is 0.849. The number of aliphatic hydroxyl groups excluding tert-OH is 1. The Balaban J connectivity index is 1.87. The lowest BCUT2D eigenvalue weighted by molar-refractivity contribution is -0.133. The van der Waals surface area contributed by atoms with Gasteiger partial charge in [0.2, 0.25) is 5.91 Å². The average Bonchev–Trinajstić information content (AvgIpc) is 2.45. The third-order valence-corrected chi connectivity index (χ3v) is 3.27. The minimum absolute atomic E-state index is 0.0843. The number of β-amino-alcohol motifs (C(OH)–C–C–N with tert-alkyl or cyclic N) is 1. The Labute approximate surface area is 116 Å². The fourth-order valence-electron chi connectivity index (χ4n) is 2.19. The highest BCUT2D eigenvalue weighted by molar-refractivity contribution is 5.96. The molecule has 0 spiro atoms. The van der Waals surface area contributed by atoms with E-state index in [1.54, 1.807) is 6.07 Å². The number of rotatable bonds is 3. The normalized spacial score (nSPS) is 18.7. The van der Waals surface area contributed by atoms with Crippen molar-refractivity contribution in [3.8, 4) is 0 Å². The van der Waals surface area contributed by atoms with Gasteiger partial charge in [-0.1, -0.05) is 12.1 Å². The Morgan fingerprint density at radius 3 is 2.85 bits per heavy atom. The van der Waals surface area contributed by atoms with Gasteiger partial charge in [-0.2, -0.15) is 0 Å². The Kier molecular flexibility index (Phi) is 4.68. The maximum Gasteiger partial charge on any atom is 0.254 e. The van der Waals surface area contributed by atoms with Crippen LogP contribution < -0.4 is 5.32 Å². The summed E-state index contributed by atoms with van der Waals surface area (Å²) in [5.41, 5.74) is -0.0843. The van der Waals surface area contributed by atoms with Crippen LogP contribution in [0.4, 0.5) is 4.39 Å². The first-order valence-electron chi connectivity index (χ1n) is 6.56. The van der Waals surface area contributed by atoms with E-state index in [1.807, 2.05) is 0 Å². The molecular weight excluding hydrogens is 263 g/mol. The molecule has 108 valence electrons. The molecule has 0 unspecified atom stereocenters. The Morgan fingerprint density at radius 2 is 2.15 bits per heavy atom. The molecule has 0 bridgehead atoms. The van der Waals surface area contributed by atoms with Crippen molar-refractivity contribution < 1.29 is 19.1 Å². The predicted molar refractivity (Wildman–Crippen MR) is 70.6 cm³/mol. The summed E-state index contributed by atoms with van der Waals surface area (Å²) < 4.78 is 13.4. The van der Waals surface area contributed by atoms with Crippen LogP contribution >= 0.6 is 0 Å². The number of aliphatic hydroxyl groups is 1. The maximum atomic E-state index is 13.4. The van der Waals surface area contributed by atoms with Crippen LogP contribution in [0.1, 0.15) is 23.2 Å². The first kappa shape index (κ1) is 14.5. The van der Waals surface area contributed by atoms with Gasteiger partial charge in [0.1, 0.15) is 5.82 Å². The lowest BCUT2D eigenvalue weighted by Gasteiger charge is -2.30. The molecule has 6 heteroatoms. The Hall–Kier alpha value is -1.95. The molecule has 1 atom stereocenters. The third kappa shape index (κ3) is 3.54. The zero-order valence-corrected chi connectivity index (χ0v) is 11.0. The molecule has 0 aliphatic carbocycles. The number of nitrogens with zero attached hydrogens (tertiary/aromatic N) is 1. The second-order valence-corrected chi connectivity index (χ2v) is 4.80. The molecule has 2 N–H and O–H groups in total. The predicted octanol–water partition coefficient (Wildman–Crippen LogP) is 0.539. The van der Waals surface area contributed by atoms with Gasteiger partial charge in [0.25, 0.3) is 5.91 Å². The lowest BCUT2D eigenvalue weighted by Crippen LogP contribution is -2.46. The number of piperidine rings is 1. The van der Waals surface area contributed by atoms with Crippen LogP contribution in [-0.2, 0) is 4.79 Å². The van der Waals surface area contributed by atoms with Gasteiger partial charge in [-0.05, 0) is 25.0 Å². The Bertz CT molecular complexity index is 507. The minimum atomic E-state index is -0.620. The molecular formula is C14H17FN2O3. The van der Waals surface area contributed by atoms with Crippen LogP contribution in [0.3, 0.4) is 0 Å². The van der Waals surface area contributed by atoms with Crippen molar-refractivity contribution >= 4 is 11.8 Å². The van der Waals surface area contributed by atoms with Crippen molar-refractivity contribution in [3.63, 3.8) is 0 Å². The summed E-state index contributed by atoms with van der Waals surface area (Å²) in [6.45, 7) is 0.666. The number of carbonyl (C=O) groups is 2. The molecule has 1 saturated heterocycles. The standard InChI is InChI=1S/C14H17FN2O3/c15-12-6-2-1-5-11(12)14(20)16-8-13(19)17-7-3-4-10(18)9-17/h1-2,5-6,10,18H,3-4,7-9H2,(H,16,20)/t10-/m0/s1. The average molecular weight is 280 g/mol. The molecule has 1 aromatic rings. The molecule has 2 amide bonds. The van der Waals surface area contributed by atoms with E-state index in [-0.39, 0.29) is 24.6 Å². The first-order valence-corrected chi connectivity index (χ1v) is 6.56. The molecule has 1 heterocycles. The molecule has 5 nitrogen and oxygen atoms in total. The summed E-state index contributed by atoms with van der Waals surface area (Å²) in [5.74, 6) is -1.51. The molecule has 1 aliphatic heterocycles. The van der Waals surface area contributed by atoms with Crippen LogP contribution in [0.25, 0.3) is 0 Å². The van der Waals surface area contributed by atoms with Crippen molar-refractivity contribution in [1.29, 1.82) is 0 Å². The fourth-order valence-corrected chi connectivity index (χ4v) is 2.19. The molecule has 0 aromatic heterocycles. The second kappa shape index (κ2) is 6.47. The summed E-state index contributed by atoms with van der Waals surface area (Å²) in [6.07, 6.45) is 0.925. The van der Waals surface area contributed by atoms with E-state index in [4.69, 9.17) is 0 Å². The van der Waals surface area contributed by atoms with Gasteiger partial charge in [0.05, 0.1) is 18.2 Å². The summed E-state index contributed by atoms with van der Waals surface area (Å²) >= 11 is 0. The van der Waals surface area contributed by atoms with Gasteiger partial charge in [-0.3, -0.25) is 9.59 Å². The molecule has 2 rings (SSSR count). The van der Waals surface area contributed by atoms with Crippen molar-refractivity contribution in [2.45, 2.75) is 18.9 Å². The SMILES string of the molecule is O=C(NCC(=O)N1CCC[C@H](O)C1)c1ccccc1F. The highest BCUT2D eigenvalue weighted by Gasteiger charge is 2.22. The van der Waals surface area contributed by atoms with E-state index in [0.717, 1.165) is 6.42 Å². The van der Waals surface area contributed by atoms with Gasteiger partial charge in [-0.15, -0.1) is 0 Å². The monoisotopic (exact) mass is 280 g/mol. The van der Waals surface area contributed by atoms with Gasteiger partial charge >= 0.3 is 0 Å². The van der Waals surface area contributed by atoms with Gasteiger partial charge < -0.3 is 15.3 Å². The number of likely N-dealkylation sites (tertiary alicyclic amines) is 1. The van der Waals surface area contributed by atoms with Crippen LogP contribution in [0.5, 0.6) is 0 Å². The third-order valence-electron chi connectivity index (χ3n) is 3.27. The van der Waals surface area contributed by atoms with Crippen molar-refractivity contribution in [2.75, 3.05) is 19.6 Å². The maximum absolute atomic E-state index is 13.4. The van der Waals surface area contributed by atoms with Gasteiger partial charge in [-0.25, -0.2) is 4.39 Å². The van der Waals surface area contributed by atoms with Gasteiger partial charge in [0, 0.05) is 13.1 Å². The molecule has 1 aromatic carbocycles. The molecule has 1 fully saturated rings. The second-order valence-electron chi connectivity index (χ2n) is 4.80. The van der Waals surface area contributed by atoms with E-state index in [9.17, 15) is 19.1 Å². The fraction of sp³-hybridized carbons (Fsp3) is 0.429. The smallest absolute Gasteiger partial charge is 0.254 e. The number of halogens is 1. The highest BCUT2D eigenvalue weighted by Crippen LogP contribution is 2.10.